The molecule has 0 aliphatic heterocycles. The number of carbonyl (C=O) groups is 2. The van der Waals surface area contributed by atoms with Crippen LogP contribution in [0, 0.1) is 0 Å². The Morgan fingerprint density at radius 1 is 1.00 bits per heavy atom. The van der Waals surface area contributed by atoms with E-state index in [2.05, 4.69) is 5.32 Å². The van der Waals surface area contributed by atoms with Gasteiger partial charge in [0.2, 0.25) is 0 Å². The molecule has 2 aromatic carbocycles. The van der Waals surface area contributed by atoms with Gasteiger partial charge in [0.15, 0.2) is 6.61 Å². The Morgan fingerprint density at radius 3 is 2.55 bits per heavy atom. The molecular weight excluding hydrogens is 384 g/mol. The van der Waals surface area contributed by atoms with Crippen molar-refractivity contribution >= 4 is 38.9 Å². The molecule has 4 rings (SSSR count). The molecule has 150 valence electrons. The number of fused-ring (bicyclic) bond motifs is 2. The van der Waals surface area contributed by atoms with E-state index in [-0.39, 0.29) is 12.5 Å². The van der Waals surface area contributed by atoms with Crippen LogP contribution in [0.3, 0.4) is 0 Å². The van der Waals surface area contributed by atoms with E-state index in [4.69, 9.17) is 10.5 Å². The van der Waals surface area contributed by atoms with Gasteiger partial charge in [0, 0.05) is 4.88 Å². The van der Waals surface area contributed by atoms with Crippen molar-refractivity contribution in [1.29, 1.82) is 0 Å². The van der Waals surface area contributed by atoms with Crippen LogP contribution >= 0.6 is 11.3 Å². The molecular formula is C23H24N2O3S. The molecule has 1 heterocycles. The summed E-state index contributed by atoms with van der Waals surface area (Å²) in [4.78, 5) is 25.7. The van der Waals surface area contributed by atoms with Gasteiger partial charge in [-0.2, -0.15) is 0 Å². The summed E-state index contributed by atoms with van der Waals surface area (Å²) in [6.45, 7) is -0.126. The maximum Gasteiger partial charge on any atom is 0.262 e. The lowest BCUT2D eigenvalue weighted by Crippen LogP contribution is -2.22. The van der Waals surface area contributed by atoms with Crippen LogP contribution in [-0.2, 0) is 17.6 Å². The zero-order chi connectivity index (χ0) is 20.2. The van der Waals surface area contributed by atoms with Gasteiger partial charge in [0.25, 0.3) is 11.8 Å². The molecule has 29 heavy (non-hydrogen) atoms. The Balaban J connectivity index is 1.47. The standard InChI is InChI=1S/C23H24N2O3S/c24-22(27)21-18-9-3-1-2-4-10-19(18)29-23(21)25-20(26)14-28-17-12-11-15-7-5-6-8-16(15)13-17/h5-8,11-13H,1-4,9-10,14H2,(H2,24,27)(H,25,26). The minimum absolute atomic E-state index is 0.126. The summed E-state index contributed by atoms with van der Waals surface area (Å²) in [5, 5.41) is 5.58. The van der Waals surface area contributed by atoms with Crippen molar-refractivity contribution in [2.75, 3.05) is 11.9 Å². The van der Waals surface area contributed by atoms with Crippen LogP contribution in [0.15, 0.2) is 42.5 Å². The smallest absolute Gasteiger partial charge is 0.262 e. The number of primary amides is 1. The molecule has 3 aromatic rings. The van der Waals surface area contributed by atoms with Gasteiger partial charge in [-0.05, 0) is 54.2 Å². The van der Waals surface area contributed by atoms with Gasteiger partial charge in [-0.15, -0.1) is 11.3 Å². The molecule has 2 amide bonds. The van der Waals surface area contributed by atoms with E-state index in [0.29, 0.717) is 16.3 Å². The third-order valence-electron chi connectivity index (χ3n) is 5.26. The van der Waals surface area contributed by atoms with Crippen LogP contribution in [0.4, 0.5) is 5.00 Å². The molecule has 5 nitrogen and oxygen atoms in total. The van der Waals surface area contributed by atoms with Crippen molar-refractivity contribution in [3.8, 4) is 5.75 Å². The van der Waals surface area contributed by atoms with Crippen molar-refractivity contribution in [2.24, 2.45) is 5.73 Å². The minimum Gasteiger partial charge on any atom is -0.484 e. The number of hydrogen-bond acceptors (Lipinski definition) is 4. The molecule has 0 bridgehead atoms. The van der Waals surface area contributed by atoms with Gasteiger partial charge in [0.05, 0.1) is 5.56 Å². The SMILES string of the molecule is NC(=O)c1c(NC(=O)COc2ccc3ccccc3c2)sc2c1CCCCCC2. The molecule has 6 heteroatoms. The van der Waals surface area contributed by atoms with Gasteiger partial charge < -0.3 is 15.8 Å². The highest BCUT2D eigenvalue weighted by Gasteiger charge is 2.23. The van der Waals surface area contributed by atoms with Crippen LogP contribution in [0.2, 0.25) is 0 Å². The number of hydrogen-bond donors (Lipinski definition) is 2. The molecule has 1 aliphatic carbocycles. The summed E-state index contributed by atoms with van der Waals surface area (Å²) in [5.74, 6) is -0.142. The van der Waals surface area contributed by atoms with E-state index in [1.165, 1.54) is 22.6 Å². The topological polar surface area (TPSA) is 81.4 Å². The fourth-order valence-electron chi connectivity index (χ4n) is 3.84. The molecule has 0 unspecified atom stereocenters. The van der Waals surface area contributed by atoms with Crippen LogP contribution in [-0.4, -0.2) is 18.4 Å². The zero-order valence-electron chi connectivity index (χ0n) is 16.2. The van der Waals surface area contributed by atoms with Crippen LogP contribution in [0.5, 0.6) is 5.75 Å². The molecule has 0 fully saturated rings. The Kier molecular flexibility index (Phi) is 5.81. The van der Waals surface area contributed by atoms with E-state index >= 15 is 0 Å². The summed E-state index contributed by atoms with van der Waals surface area (Å²) < 4.78 is 5.67. The molecule has 0 spiro atoms. The highest BCUT2D eigenvalue weighted by Crippen LogP contribution is 2.36. The van der Waals surface area contributed by atoms with Crippen molar-refractivity contribution in [3.63, 3.8) is 0 Å². The number of rotatable bonds is 5. The average Bonchev–Trinajstić information content (AvgIpc) is 3.02. The Morgan fingerprint density at radius 2 is 1.76 bits per heavy atom. The number of benzene rings is 2. The lowest BCUT2D eigenvalue weighted by Gasteiger charge is -2.10. The predicted octanol–water partition coefficient (Wildman–Crippen LogP) is 4.68. The van der Waals surface area contributed by atoms with E-state index in [9.17, 15) is 9.59 Å². The normalized spacial score (nSPS) is 13.9. The largest absolute Gasteiger partial charge is 0.484 e. The first-order valence-corrected chi connectivity index (χ1v) is 10.8. The fraction of sp³-hybridized carbons (Fsp3) is 0.304. The van der Waals surface area contributed by atoms with Crippen LogP contribution in [0.25, 0.3) is 10.8 Å². The molecule has 1 aromatic heterocycles. The second-order valence-corrected chi connectivity index (χ2v) is 8.44. The van der Waals surface area contributed by atoms with E-state index in [0.717, 1.165) is 48.4 Å². The number of aryl methyl sites for hydroxylation is 1. The lowest BCUT2D eigenvalue weighted by molar-refractivity contribution is -0.118. The molecule has 0 radical (unpaired) electrons. The highest BCUT2D eigenvalue weighted by molar-refractivity contribution is 7.17. The monoisotopic (exact) mass is 408 g/mol. The molecule has 3 N–H and O–H groups in total. The average molecular weight is 409 g/mol. The molecule has 1 aliphatic rings. The van der Waals surface area contributed by atoms with Crippen molar-refractivity contribution in [3.05, 3.63) is 58.5 Å². The third kappa shape index (κ3) is 4.43. The van der Waals surface area contributed by atoms with Gasteiger partial charge in [0.1, 0.15) is 10.8 Å². The van der Waals surface area contributed by atoms with Gasteiger partial charge in [-0.25, -0.2) is 0 Å². The van der Waals surface area contributed by atoms with Crippen molar-refractivity contribution in [2.45, 2.75) is 38.5 Å². The Labute approximate surface area is 173 Å². The van der Waals surface area contributed by atoms with Crippen LogP contribution in [0.1, 0.15) is 46.5 Å². The number of amides is 2. The first-order chi connectivity index (χ1) is 14.1. The summed E-state index contributed by atoms with van der Waals surface area (Å²) >= 11 is 1.48. The quantitative estimate of drug-likeness (QED) is 0.643. The van der Waals surface area contributed by atoms with E-state index < -0.39 is 5.91 Å². The summed E-state index contributed by atoms with van der Waals surface area (Å²) in [6, 6.07) is 13.7. The summed E-state index contributed by atoms with van der Waals surface area (Å²) in [6.07, 6.45) is 6.28. The lowest BCUT2D eigenvalue weighted by atomic mass is 9.96. The minimum atomic E-state index is -0.478. The highest BCUT2D eigenvalue weighted by atomic mass is 32.1. The first-order valence-electron chi connectivity index (χ1n) is 9.97. The van der Waals surface area contributed by atoms with E-state index in [1.807, 2.05) is 42.5 Å². The first kappa shape index (κ1) is 19.5. The number of carbonyl (C=O) groups excluding carboxylic acids is 2. The number of thiophene rings is 1. The van der Waals surface area contributed by atoms with Crippen molar-refractivity contribution < 1.29 is 14.3 Å². The molecule has 0 saturated heterocycles. The molecule has 0 atom stereocenters. The van der Waals surface area contributed by atoms with Crippen LogP contribution < -0.4 is 15.8 Å². The Hall–Kier alpha value is -2.86. The molecule has 0 saturated carbocycles. The second kappa shape index (κ2) is 8.66. The number of nitrogens with two attached hydrogens (primary N) is 1. The number of ether oxygens (including phenoxy) is 1. The zero-order valence-corrected chi connectivity index (χ0v) is 17.0. The second-order valence-electron chi connectivity index (χ2n) is 7.33. The van der Waals surface area contributed by atoms with Gasteiger partial charge >= 0.3 is 0 Å². The van der Waals surface area contributed by atoms with E-state index in [1.54, 1.807) is 0 Å². The number of anilines is 1. The maximum absolute atomic E-state index is 12.5. The summed E-state index contributed by atoms with van der Waals surface area (Å²) in [5.41, 5.74) is 7.15. The third-order valence-corrected chi connectivity index (χ3v) is 6.47. The summed E-state index contributed by atoms with van der Waals surface area (Å²) in [7, 11) is 0. The van der Waals surface area contributed by atoms with Gasteiger partial charge in [-0.3, -0.25) is 9.59 Å². The Bertz CT molecular complexity index is 1060. The fourth-order valence-corrected chi connectivity index (χ4v) is 5.15. The predicted molar refractivity (Wildman–Crippen MR) is 117 cm³/mol. The maximum atomic E-state index is 12.5. The number of nitrogens with one attached hydrogen (secondary N) is 1. The van der Waals surface area contributed by atoms with Gasteiger partial charge in [-0.1, -0.05) is 43.2 Å². The van der Waals surface area contributed by atoms with Crippen molar-refractivity contribution in [1.82, 2.24) is 0 Å².